The second-order valence-corrected chi connectivity index (χ2v) is 7.72. The Balaban J connectivity index is 1.59. The lowest BCUT2D eigenvalue weighted by Gasteiger charge is -2.11. The Morgan fingerprint density at radius 1 is 1.17 bits per heavy atom. The van der Waals surface area contributed by atoms with Crippen molar-refractivity contribution in [2.75, 3.05) is 13.7 Å². The number of aryl methyl sites for hydroxylation is 1. The highest BCUT2D eigenvalue weighted by Gasteiger charge is 2.30. The minimum atomic E-state index is -4.46. The summed E-state index contributed by atoms with van der Waals surface area (Å²) in [4.78, 5) is 27.3. The van der Waals surface area contributed by atoms with Gasteiger partial charge in [0.2, 0.25) is 5.91 Å². The van der Waals surface area contributed by atoms with Crippen LogP contribution in [0.3, 0.4) is 0 Å². The number of aromatic nitrogens is 3. The van der Waals surface area contributed by atoms with Crippen molar-refractivity contribution in [1.29, 1.82) is 0 Å². The van der Waals surface area contributed by atoms with E-state index in [1.54, 1.807) is 24.3 Å². The summed E-state index contributed by atoms with van der Waals surface area (Å²) in [5.41, 5.74) is -0.366. The number of H-pyrrole nitrogens is 1. The van der Waals surface area contributed by atoms with Crippen LogP contribution in [0.4, 0.5) is 13.2 Å². The lowest BCUT2D eigenvalue weighted by Crippen LogP contribution is -2.25. The number of methoxy groups -OCH3 is 1. The first-order chi connectivity index (χ1) is 17.2. The van der Waals surface area contributed by atoms with Crippen LogP contribution in [0, 0.1) is 0 Å². The molecule has 3 aromatic rings. The van der Waals surface area contributed by atoms with Gasteiger partial charge >= 0.3 is 6.18 Å². The molecule has 3 rings (SSSR count). The number of benzene rings is 2. The quantitative estimate of drug-likeness (QED) is 0.303. The number of nitrogens with zero attached hydrogens (tertiary/aromatic N) is 2. The Bertz CT molecular complexity index is 1270. The third-order valence-electron chi connectivity index (χ3n) is 5.11. The molecule has 0 aliphatic rings. The molecule has 36 heavy (non-hydrogen) atoms. The molecule has 8 nitrogen and oxygen atoms in total. The first-order valence-corrected chi connectivity index (χ1v) is 11.0. The van der Waals surface area contributed by atoms with Crippen LogP contribution < -0.4 is 20.3 Å². The maximum atomic E-state index is 12.8. The Morgan fingerprint density at radius 3 is 2.67 bits per heavy atom. The van der Waals surface area contributed by atoms with E-state index in [9.17, 15) is 22.8 Å². The van der Waals surface area contributed by atoms with E-state index >= 15 is 0 Å². The number of ether oxygens (including phenoxy) is 2. The molecule has 0 saturated carbocycles. The van der Waals surface area contributed by atoms with Crippen molar-refractivity contribution in [2.24, 2.45) is 0 Å². The minimum Gasteiger partial charge on any atom is -0.493 e. The molecule has 0 radical (unpaired) electrons. The van der Waals surface area contributed by atoms with E-state index in [0.717, 1.165) is 12.1 Å². The number of carbonyl (C=O) groups excluding carboxylic acids is 1. The highest BCUT2D eigenvalue weighted by molar-refractivity contribution is 5.76. The van der Waals surface area contributed by atoms with Gasteiger partial charge in [0.15, 0.2) is 17.3 Å². The van der Waals surface area contributed by atoms with Crippen molar-refractivity contribution in [3.8, 4) is 22.9 Å². The first kappa shape index (κ1) is 26.5. The van der Waals surface area contributed by atoms with Crippen LogP contribution in [0.1, 0.15) is 29.7 Å². The van der Waals surface area contributed by atoms with Crippen LogP contribution in [0.15, 0.2) is 59.9 Å². The summed E-state index contributed by atoms with van der Waals surface area (Å²) in [5, 5.41) is 10.5. The van der Waals surface area contributed by atoms with Crippen molar-refractivity contribution < 1.29 is 27.4 Å². The molecular formula is C25H25F3N4O4. The molecule has 2 aromatic carbocycles. The second-order valence-electron chi connectivity index (χ2n) is 7.72. The topological polar surface area (TPSA) is 106 Å². The van der Waals surface area contributed by atoms with Crippen LogP contribution >= 0.6 is 0 Å². The van der Waals surface area contributed by atoms with Crippen molar-refractivity contribution in [1.82, 2.24) is 20.5 Å². The van der Waals surface area contributed by atoms with Crippen molar-refractivity contribution >= 4 is 5.91 Å². The van der Waals surface area contributed by atoms with Gasteiger partial charge in [-0.05, 0) is 42.3 Å². The molecule has 0 fully saturated rings. The molecule has 1 aromatic heterocycles. The average Bonchev–Trinajstić information content (AvgIpc) is 2.86. The van der Waals surface area contributed by atoms with Gasteiger partial charge < -0.3 is 19.8 Å². The van der Waals surface area contributed by atoms with Crippen molar-refractivity contribution in [3.05, 3.63) is 82.3 Å². The molecule has 0 aliphatic carbocycles. The molecule has 0 spiro atoms. The number of carbonyl (C=O) groups is 1. The van der Waals surface area contributed by atoms with Gasteiger partial charge in [0.25, 0.3) is 5.56 Å². The van der Waals surface area contributed by atoms with Gasteiger partial charge in [-0.2, -0.15) is 13.2 Å². The van der Waals surface area contributed by atoms with Gasteiger partial charge in [-0.3, -0.25) is 9.59 Å². The van der Waals surface area contributed by atoms with E-state index in [0.29, 0.717) is 35.7 Å². The summed E-state index contributed by atoms with van der Waals surface area (Å²) in [5.74, 6) is 0.773. The predicted octanol–water partition coefficient (Wildman–Crippen LogP) is 4.06. The Morgan fingerprint density at radius 2 is 1.97 bits per heavy atom. The molecule has 190 valence electrons. The third kappa shape index (κ3) is 7.17. The summed E-state index contributed by atoms with van der Waals surface area (Å²) < 4.78 is 49.4. The summed E-state index contributed by atoms with van der Waals surface area (Å²) >= 11 is 0. The van der Waals surface area contributed by atoms with E-state index in [-0.39, 0.29) is 30.9 Å². The number of nitrogens with one attached hydrogen (secondary N) is 2. The van der Waals surface area contributed by atoms with Crippen LogP contribution in [-0.4, -0.2) is 34.8 Å². The van der Waals surface area contributed by atoms with Crippen molar-refractivity contribution in [3.63, 3.8) is 0 Å². The lowest BCUT2D eigenvalue weighted by atomic mass is 10.1. The number of hydrogen-bond donors (Lipinski definition) is 2. The monoisotopic (exact) mass is 502 g/mol. The minimum absolute atomic E-state index is 0.0104. The molecule has 0 aliphatic heterocycles. The summed E-state index contributed by atoms with van der Waals surface area (Å²) in [6.07, 6.45) is -2.12. The van der Waals surface area contributed by atoms with Crippen LogP contribution in [0.5, 0.6) is 11.5 Å². The van der Waals surface area contributed by atoms with E-state index in [4.69, 9.17) is 9.47 Å². The van der Waals surface area contributed by atoms with Gasteiger partial charge in [-0.15, -0.1) is 16.8 Å². The fourth-order valence-electron chi connectivity index (χ4n) is 3.22. The predicted molar refractivity (Wildman–Crippen MR) is 127 cm³/mol. The van der Waals surface area contributed by atoms with Crippen LogP contribution in [-0.2, 0) is 23.9 Å². The van der Waals surface area contributed by atoms with Gasteiger partial charge in [-0.1, -0.05) is 18.2 Å². The Kier molecular flexibility index (Phi) is 8.82. The summed E-state index contributed by atoms with van der Waals surface area (Å²) in [6.45, 7) is 4.01. The number of hydrogen-bond acceptors (Lipinski definition) is 6. The van der Waals surface area contributed by atoms with E-state index in [1.165, 1.54) is 19.2 Å². The Hall–Kier alpha value is -4.15. The second kappa shape index (κ2) is 12.0. The van der Waals surface area contributed by atoms with Crippen LogP contribution in [0.2, 0.25) is 0 Å². The maximum Gasteiger partial charge on any atom is 0.416 e. The normalized spacial score (nSPS) is 11.1. The molecule has 0 bridgehead atoms. The number of rotatable bonds is 11. The number of halogens is 3. The maximum absolute atomic E-state index is 12.8. The lowest BCUT2D eigenvalue weighted by molar-refractivity contribution is -0.137. The first-order valence-electron chi connectivity index (χ1n) is 11.0. The Labute approximate surface area is 205 Å². The van der Waals surface area contributed by atoms with Gasteiger partial charge in [0, 0.05) is 24.9 Å². The summed E-state index contributed by atoms with van der Waals surface area (Å²) in [7, 11) is 1.50. The standard InChI is InChI=1S/C25H25F3N4O4/c1-3-4-12-36-20-10-8-17(14-21(20)35-2)23-30-24(34)19(31-32-23)9-11-22(33)29-15-16-6-5-7-18(13-16)25(26,27)28/h3,5-8,10,13-14H,1,4,9,11-12,15H2,2H3,(H,29,33)(H,30,32,34). The largest absolute Gasteiger partial charge is 0.493 e. The molecule has 0 atom stereocenters. The third-order valence-corrected chi connectivity index (χ3v) is 5.11. The zero-order chi connectivity index (χ0) is 26.1. The SMILES string of the molecule is C=CCCOc1ccc(-c2nnc(CCC(=O)NCc3cccc(C(F)(F)F)c3)c(=O)[nH]2)cc1OC. The smallest absolute Gasteiger partial charge is 0.416 e. The molecule has 0 saturated heterocycles. The molecule has 1 heterocycles. The number of alkyl halides is 3. The average molecular weight is 502 g/mol. The van der Waals surface area contributed by atoms with Gasteiger partial charge in [0.05, 0.1) is 19.3 Å². The molecule has 0 unspecified atom stereocenters. The van der Waals surface area contributed by atoms with Crippen molar-refractivity contribution in [2.45, 2.75) is 32.0 Å². The molecular weight excluding hydrogens is 477 g/mol. The van der Waals surface area contributed by atoms with Gasteiger partial charge in [-0.25, -0.2) is 0 Å². The van der Waals surface area contributed by atoms with E-state index < -0.39 is 23.2 Å². The molecule has 2 N–H and O–H groups in total. The zero-order valence-corrected chi connectivity index (χ0v) is 19.5. The highest BCUT2D eigenvalue weighted by Crippen LogP contribution is 2.31. The zero-order valence-electron chi connectivity index (χ0n) is 19.5. The van der Waals surface area contributed by atoms with E-state index in [1.807, 2.05) is 0 Å². The fraction of sp³-hybridized carbons (Fsp3) is 0.280. The van der Waals surface area contributed by atoms with E-state index in [2.05, 4.69) is 27.1 Å². The van der Waals surface area contributed by atoms with Crippen LogP contribution in [0.25, 0.3) is 11.4 Å². The number of aromatic amines is 1. The molecule has 11 heteroatoms. The number of amides is 1. The molecule has 1 amide bonds. The highest BCUT2D eigenvalue weighted by atomic mass is 19.4. The fourth-order valence-corrected chi connectivity index (χ4v) is 3.22. The summed E-state index contributed by atoms with van der Waals surface area (Å²) in [6, 6.07) is 9.75. The van der Waals surface area contributed by atoms with Gasteiger partial charge in [0.1, 0.15) is 5.69 Å².